The van der Waals surface area contributed by atoms with Crippen LogP contribution in [0, 0.1) is 11.3 Å². The van der Waals surface area contributed by atoms with Crippen molar-refractivity contribution >= 4 is 17.0 Å². The van der Waals surface area contributed by atoms with Gasteiger partial charge < -0.3 is 20.6 Å². The topological polar surface area (TPSA) is 134 Å². The Labute approximate surface area is 173 Å². The van der Waals surface area contributed by atoms with Crippen molar-refractivity contribution in [2.75, 3.05) is 0 Å². The molecule has 0 fully saturated rings. The van der Waals surface area contributed by atoms with Crippen LogP contribution in [-0.4, -0.2) is 33.3 Å². The number of carbonyl (C=O) groups is 1. The molecule has 156 valence electrons. The van der Waals surface area contributed by atoms with E-state index in [2.05, 4.69) is 11.4 Å². The van der Waals surface area contributed by atoms with Crippen molar-refractivity contribution < 1.29 is 14.3 Å². The minimum atomic E-state index is -1.48. The maximum Gasteiger partial charge on any atom is 0.419 e. The number of fused-ring (bicyclic) bond motifs is 1. The van der Waals surface area contributed by atoms with Crippen LogP contribution in [0.5, 0.6) is 0 Å². The molecule has 4 N–H and O–H groups in total. The molecule has 0 aliphatic heterocycles. The van der Waals surface area contributed by atoms with Gasteiger partial charge in [0.1, 0.15) is 11.6 Å². The van der Waals surface area contributed by atoms with E-state index in [0.717, 1.165) is 16.7 Å². The molecule has 0 aliphatic carbocycles. The van der Waals surface area contributed by atoms with Gasteiger partial charge in [-0.05, 0) is 42.7 Å². The molecule has 0 unspecified atom stereocenters. The number of aryl methyl sites for hydroxylation is 1. The van der Waals surface area contributed by atoms with E-state index >= 15 is 0 Å². The van der Waals surface area contributed by atoms with Crippen LogP contribution in [-0.2, 0) is 18.3 Å². The molecule has 8 nitrogen and oxygen atoms in total. The minimum absolute atomic E-state index is 0.299. The number of carbonyl (C=O) groups excluding carboxylic acids is 1. The van der Waals surface area contributed by atoms with Gasteiger partial charge in [-0.1, -0.05) is 30.3 Å². The fourth-order valence-corrected chi connectivity index (χ4v) is 3.01. The Morgan fingerprint density at radius 3 is 2.53 bits per heavy atom. The number of aliphatic hydroxyl groups is 1. The zero-order chi connectivity index (χ0) is 22.1. The highest BCUT2D eigenvalue weighted by Gasteiger charge is 2.34. The van der Waals surface area contributed by atoms with Gasteiger partial charge in [-0.2, -0.15) is 5.26 Å². The molecule has 8 heteroatoms. The Morgan fingerprint density at radius 2 is 1.93 bits per heavy atom. The molecule has 30 heavy (non-hydrogen) atoms. The van der Waals surface area contributed by atoms with Gasteiger partial charge >= 0.3 is 5.76 Å². The summed E-state index contributed by atoms with van der Waals surface area (Å²) < 4.78 is 6.60. The molecule has 3 aromatic rings. The number of aromatic nitrogens is 1. The highest BCUT2D eigenvalue weighted by Crippen LogP contribution is 2.24. The third-order valence-electron chi connectivity index (χ3n) is 5.34. The maximum atomic E-state index is 12.3. The first kappa shape index (κ1) is 21.3. The summed E-state index contributed by atoms with van der Waals surface area (Å²) in [7, 11) is 1.65. The van der Waals surface area contributed by atoms with E-state index in [1.54, 1.807) is 13.1 Å². The summed E-state index contributed by atoms with van der Waals surface area (Å²) in [6.45, 7) is 2.85. The van der Waals surface area contributed by atoms with Crippen LogP contribution in [0.4, 0.5) is 0 Å². The van der Waals surface area contributed by atoms with Crippen LogP contribution >= 0.6 is 0 Å². The van der Waals surface area contributed by atoms with E-state index in [9.17, 15) is 20.0 Å². The number of hydrogen-bond donors (Lipinski definition) is 3. The van der Waals surface area contributed by atoms with Gasteiger partial charge in [-0.15, -0.1) is 0 Å². The lowest BCUT2D eigenvalue weighted by atomic mass is 9.95. The molecule has 2 aromatic carbocycles. The molecular weight excluding hydrogens is 384 g/mol. The van der Waals surface area contributed by atoms with E-state index in [1.165, 1.54) is 18.4 Å². The Bertz CT molecular complexity index is 1170. The van der Waals surface area contributed by atoms with Crippen molar-refractivity contribution in [3.8, 4) is 17.2 Å². The van der Waals surface area contributed by atoms with Crippen molar-refractivity contribution in [3.63, 3.8) is 0 Å². The van der Waals surface area contributed by atoms with Gasteiger partial charge in [0.25, 0.3) is 0 Å². The molecule has 0 spiro atoms. The van der Waals surface area contributed by atoms with Crippen LogP contribution in [0.2, 0.25) is 0 Å². The number of benzene rings is 2. The zero-order valence-corrected chi connectivity index (χ0v) is 17.0. The molecule has 0 saturated heterocycles. The molecule has 0 aliphatic rings. The lowest BCUT2D eigenvalue weighted by Crippen LogP contribution is -2.60. The van der Waals surface area contributed by atoms with Crippen LogP contribution in [0.25, 0.3) is 22.2 Å². The van der Waals surface area contributed by atoms with Gasteiger partial charge in [0, 0.05) is 13.5 Å². The zero-order valence-electron chi connectivity index (χ0n) is 17.0. The van der Waals surface area contributed by atoms with Crippen molar-refractivity contribution in [1.29, 1.82) is 5.26 Å². The second-order valence-corrected chi connectivity index (χ2v) is 7.62. The van der Waals surface area contributed by atoms with E-state index < -0.39 is 29.3 Å². The Morgan fingerprint density at radius 1 is 1.30 bits per heavy atom. The number of aliphatic hydroxyl groups excluding tert-OH is 1. The van der Waals surface area contributed by atoms with Crippen LogP contribution in [0.15, 0.2) is 51.7 Å². The van der Waals surface area contributed by atoms with E-state index in [-0.39, 0.29) is 0 Å². The molecule has 3 rings (SSSR count). The number of nitrogens with two attached hydrogens (primary N) is 1. The number of nitriles is 1. The van der Waals surface area contributed by atoms with Gasteiger partial charge in [0.05, 0.1) is 17.7 Å². The third-order valence-corrected chi connectivity index (χ3v) is 5.34. The molecule has 1 aromatic heterocycles. The molecule has 0 radical (unpaired) electrons. The summed E-state index contributed by atoms with van der Waals surface area (Å²) in [6, 6.07) is 14.4. The SMILES string of the molecule is C[C@@H](O)[C@](C)(N)C(=O)N[C@H](C#N)Cc1ccc(-c2ccc3oc(=O)n(C)c3c2)cc1. The number of amides is 1. The number of hydrogen-bond acceptors (Lipinski definition) is 6. The average Bonchev–Trinajstić information content (AvgIpc) is 3.01. The average molecular weight is 408 g/mol. The summed E-state index contributed by atoms with van der Waals surface area (Å²) in [4.78, 5) is 23.9. The van der Waals surface area contributed by atoms with Crippen LogP contribution in [0.3, 0.4) is 0 Å². The van der Waals surface area contributed by atoms with Gasteiger partial charge in [-0.3, -0.25) is 9.36 Å². The summed E-state index contributed by atoms with van der Waals surface area (Å²) in [5, 5.41) is 21.6. The summed E-state index contributed by atoms with van der Waals surface area (Å²) >= 11 is 0. The van der Waals surface area contributed by atoms with Crippen LogP contribution < -0.4 is 16.8 Å². The summed E-state index contributed by atoms with van der Waals surface area (Å²) in [6.07, 6.45) is -0.753. The van der Waals surface area contributed by atoms with Crippen molar-refractivity contribution in [2.45, 2.75) is 38.0 Å². The lowest BCUT2D eigenvalue weighted by Gasteiger charge is -2.27. The van der Waals surface area contributed by atoms with Gasteiger partial charge in [0.2, 0.25) is 5.91 Å². The molecule has 3 atom stereocenters. The predicted molar refractivity (Wildman–Crippen MR) is 112 cm³/mol. The fraction of sp³-hybridized carbons (Fsp3) is 0.318. The second-order valence-electron chi connectivity index (χ2n) is 7.62. The first-order valence-electron chi connectivity index (χ1n) is 9.50. The normalized spacial score (nSPS) is 15.2. The number of nitrogens with one attached hydrogen (secondary N) is 1. The standard InChI is InChI=1S/C22H24N4O4/c1-13(27)22(2,24)20(28)25-17(12-23)10-14-4-6-15(7-5-14)16-8-9-19-18(11-16)26(3)21(29)30-19/h4-9,11,13,17,27H,10,24H2,1-3H3,(H,25,28)/t13-,17+,22+/m1/s1. The predicted octanol–water partition coefficient (Wildman–Crippen LogP) is 1.45. The van der Waals surface area contributed by atoms with Gasteiger partial charge in [0.15, 0.2) is 5.58 Å². The maximum absolute atomic E-state index is 12.3. The first-order chi connectivity index (χ1) is 14.1. The number of oxazole rings is 1. The van der Waals surface area contributed by atoms with Crippen molar-refractivity contribution in [1.82, 2.24) is 9.88 Å². The summed E-state index contributed by atoms with van der Waals surface area (Å²) in [5.74, 6) is -0.994. The molecular formula is C22H24N4O4. The Balaban J connectivity index is 1.75. The van der Waals surface area contributed by atoms with Crippen molar-refractivity contribution in [2.24, 2.45) is 12.8 Å². The van der Waals surface area contributed by atoms with Gasteiger partial charge in [-0.25, -0.2) is 4.79 Å². The molecule has 0 bridgehead atoms. The van der Waals surface area contributed by atoms with E-state index in [1.807, 2.05) is 36.4 Å². The molecule has 0 saturated carbocycles. The lowest BCUT2D eigenvalue weighted by molar-refractivity contribution is -0.129. The molecule has 1 heterocycles. The number of nitrogens with zero attached hydrogens (tertiary/aromatic N) is 2. The highest BCUT2D eigenvalue weighted by atomic mass is 16.4. The fourth-order valence-electron chi connectivity index (χ4n) is 3.01. The van der Waals surface area contributed by atoms with E-state index in [0.29, 0.717) is 17.5 Å². The van der Waals surface area contributed by atoms with Crippen molar-refractivity contribution in [3.05, 3.63) is 58.6 Å². The number of rotatable bonds is 6. The largest absolute Gasteiger partial charge is 0.419 e. The minimum Gasteiger partial charge on any atom is -0.408 e. The molecule has 1 amide bonds. The monoisotopic (exact) mass is 408 g/mol. The second kappa shape index (κ2) is 8.14. The Hall–Kier alpha value is -3.41. The van der Waals surface area contributed by atoms with E-state index in [4.69, 9.17) is 10.2 Å². The highest BCUT2D eigenvalue weighted by molar-refractivity contribution is 5.86. The summed E-state index contributed by atoms with van der Waals surface area (Å²) in [5.41, 5.74) is 8.31. The first-order valence-corrected chi connectivity index (χ1v) is 9.50. The third kappa shape index (κ3) is 4.13. The smallest absolute Gasteiger partial charge is 0.408 e. The van der Waals surface area contributed by atoms with Crippen LogP contribution in [0.1, 0.15) is 19.4 Å². The quantitative estimate of drug-likeness (QED) is 0.565. The Kier molecular flexibility index (Phi) is 5.78.